The number of esters is 1. The SMILES string of the molecule is COC(=O)/C=C/c1ccccc1S(=O)(=O)Cc1ccccc1. The van der Waals surface area contributed by atoms with Gasteiger partial charge in [0.2, 0.25) is 0 Å². The van der Waals surface area contributed by atoms with Gasteiger partial charge in [-0.1, -0.05) is 48.5 Å². The van der Waals surface area contributed by atoms with Crippen molar-refractivity contribution < 1.29 is 17.9 Å². The fourth-order valence-electron chi connectivity index (χ4n) is 2.00. The molecule has 0 aromatic heterocycles. The van der Waals surface area contributed by atoms with Crippen LogP contribution in [-0.4, -0.2) is 21.5 Å². The summed E-state index contributed by atoms with van der Waals surface area (Å²) in [5.41, 5.74) is 1.18. The van der Waals surface area contributed by atoms with Crippen molar-refractivity contribution in [2.75, 3.05) is 7.11 Å². The standard InChI is InChI=1S/C17H16O4S/c1-21-17(18)12-11-15-9-5-6-10-16(15)22(19,20)13-14-7-3-2-4-8-14/h2-12H,13H2,1H3/b12-11+. The average molecular weight is 316 g/mol. The monoisotopic (exact) mass is 316 g/mol. The normalized spacial score (nSPS) is 11.5. The topological polar surface area (TPSA) is 60.4 Å². The Morgan fingerprint density at radius 2 is 1.68 bits per heavy atom. The van der Waals surface area contributed by atoms with Gasteiger partial charge in [0.25, 0.3) is 0 Å². The predicted molar refractivity (Wildman–Crippen MR) is 84.8 cm³/mol. The number of methoxy groups -OCH3 is 1. The summed E-state index contributed by atoms with van der Waals surface area (Å²) in [4.78, 5) is 11.4. The molecule has 4 nitrogen and oxygen atoms in total. The van der Waals surface area contributed by atoms with Gasteiger partial charge in [-0.2, -0.15) is 0 Å². The minimum absolute atomic E-state index is 0.0864. The van der Waals surface area contributed by atoms with Crippen molar-refractivity contribution in [1.82, 2.24) is 0 Å². The quantitative estimate of drug-likeness (QED) is 0.628. The zero-order valence-electron chi connectivity index (χ0n) is 12.1. The van der Waals surface area contributed by atoms with Gasteiger partial charge in [-0.25, -0.2) is 13.2 Å². The number of ether oxygens (including phenoxy) is 1. The van der Waals surface area contributed by atoms with Crippen molar-refractivity contribution in [2.45, 2.75) is 10.6 Å². The third-order valence-corrected chi connectivity index (χ3v) is 4.81. The first-order chi connectivity index (χ1) is 10.5. The van der Waals surface area contributed by atoms with E-state index in [1.54, 1.807) is 42.5 Å². The highest BCUT2D eigenvalue weighted by Gasteiger charge is 2.18. The van der Waals surface area contributed by atoms with Gasteiger partial charge in [-0.05, 0) is 23.3 Å². The molecule has 2 aromatic carbocycles. The predicted octanol–water partition coefficient (Wildman–Crippen LogP) is 2.85. The molecule has 0 bridgehead atoms. The van der Waals surface area contributed by atoms with E-state index < -0.39 is 15.8 Å². The Hall–Kier alpha value is -2.40. The highest BCUT2D eigenvalue weighted by molar-refractivity contribution is 7.90. The number of carbonyl (C=O) groups is 1. The lowest BCUT2D eigenvalue weighted by atomic mass is 10.2. The van der Waals surface area contributed by atoms with Gasteiger partial charge in [0, 0.05) is 6.08 Å². The third kappa shape index (κ3) is 4.05. The van der Waals surface area contributed by atoms with Crippen molar-refractivity contribution in [2.24, 2.45) is 0 Å². The molecule has 0 radical (unpaired) electrons. The number of hydrogen-bond donors (Lipinski definition) is 0. The van der Waals surface area contributed by atoms with Crippen LogP contribution in [0.3, 0.4) is 0 Å². The largest absolute Gasteiger partial charge is 0.466 e. The maximum atomic E-state index is 12.6. The minimum Gasteiger partial charge on any atom is -0.466 e. The average Bonchev–Trinajstić information content (AvgIpc) is 2.53. The molecule has 0 saturated carbocycles. The van der Waals surface area contributed by atoms with Crippen LogP contribution in [0.4, 0.5) is 0 Å². The van der Waals surface area contributed by atoms with Gasteiger partial charge in [-0.3, -0.25) is 0 Å². The second-order valence-electron chi connectivity index (χ2n) is 4.64. The molecule has 5 heteroatoms. The molecule has 0 spiro atoms. The summed E-state index contributed by atoms with van der Waals surface area (Å²) in [7, 11) is -2.23. The second-order valence-corrected chi connectivity index (χ2v) is 6.60. The summed E-state index contributed by atoms with van der Waals surface area (Å²) in [5.74, 6) is -0.619. The maximum Gasteiger partial charge on any atom is 0.330 e. The van der Waals surface area contributed by atoms with E-state index in [1.165, 1.54) is 25.3 Å². The maximum absolute atomic E-state index is 12.6. The molecule has 0 saturated heterocycles. The highest BCUT2D eigenvalue weighted by atomic mass is 32.2. The summed E-state index contributed by atoms with van der Waals surface area (Å²) >= 11 is 0. The van der Waals surface area contributed by atoms with E-state index in [1.807, 2.05) is 6.07 Å². The molecular formula is C17H16O4S. The molecule has 0 fully saturated rings. The second kappa shape index (κ2) is 7.04. The van der Waals surface area contributed by atoms with Crippen LogP contribution in [0.2, 0.25) is 0 Å². The van der Waals surface area contributed by atoms with E-state index >= 15 is 0 Å². The van der Waals surface area contributed by atoms with Gasteiger partial charge in [-0.15, -0.1) is 0 Å². The van der Waals surface area contributed by atoms with Crippen LogP contribution in [-0.2, 0) is 25.1 Å². The van der Waals surface area contributed by atoms with Crippen LogP contribution < -0.4 is 0 Å². The Morgan fingerprint density at radius 1 is 1.05 bits per heavy atom. The van der Waals surface area contributed by atoms with Gasteiger partial charge in [0.1, 0.15) is 0 Å². The molecular weight excluding hydrogens is 300 g/mol. The molecule has 22 heavy (non-hydrogen) atoms. The van der Waals surface area contributed by atoms with Gasteiger partial charge >= 0.3 is 5.97 Å². The van der Waals surface area contributed by atoms with Crippen LogP contribution in [0.5, 0.6) is 0 Å². The molecule has 0 aliphatic rings. The Morgan fingerprint density at radius 3 is 2.36 bits per heavy atom. The van der Waals surface area contributed by atoms with E-state index in [0.717, 1.165) is 0 Å². The fraction of sp³-hybridized carbons (Fsp3) is 0.118. The lowest BCUT2D eigenvalue weighted by Crippen LogP contribution is -2.06. The zero-order chi connectivity index (χ0) is 16.0. The summed E-state index contributed by atoms with van der Waals surface area (Å²) in [6.07, 6.45) is 2.65. The van der Waals surface area contributed by atoms with E-state index in [-0.39, 0.29) is 10.6 Å². The molecule has 0 aliphatic carbocycles. The molecule has 2 rings (SSSR count). The van der Waals surface area contributed by atoms with Crippen molar-refractivity contribution in [3.63, 3.8) is 0 Å². The first-order valence-electron chi connectivity index (χ1n) is 6.64. The number of sulfone groups is 1. The van der Waals surface area contributed by atoms with E-state index in [2.05, 4.69) is 4.74 Å². The minimum atomic E-state index is -3.50. The fourth-order valence-corrected chi connectivity index (χ4v) is 3.57. The molecule has 0 N–H and O–H groups in total. The van der Waals surface area contributed by atoms with Crippen LogP contribution in [0.25, 0.3) is 6.08 Å². The summed E-state index contributed by atoms with van der Waals surface area (Å²) < 4.78 is 29.7. The van der Waals surface area contributed by atoms with Crippen LogP contribution in [0, 0.1) is 0 Å². The molecule has 0 amide bonds. The van der Waals surface area contributed by atoms with Crippen molar-refractivity contribution in [3.05, 3.63) is 71.8 Å². The number of carbonyl (C=O) groups excluding carboxylic acids is 1. The van der Waals surface area contributed by atoms with Crippen molar-refractivity contribution in [3.8, 4) is 0 Å². The Bertz CT molecular complexity index is 777. The van der Waals surface area contributed by atoms with Crippen LogP contribution >= 0.6 is 0 Å². The molecule has 114 valence electrons. The third-order valence-electron chi connectivity index (χ3n) is 3.05. The van der Waals surface area contributed by atoms with Gasteiger partial charge < -0.3 is 4.74 Å². The van der Waals surface area contributed by atoms with E-state index in [4.69, 9.17) is 0 Å². The zero-order valence-corrected chi connectivity index (χ0v) is 12.9. The van der Waals surface area contributed by atoms with Crippen molar-refractivity contribution in [1.29, 1.82) is 0 Å². The highest BCUT2D eigenvalue weighted by Crippen LogP contribution is 2.21. The molecule has 0 heterocycles. The smallest absolute Gasteiger partial charge is 0.330 e. The van der Waals surface area contributed by atoms with Crippen LogP contribution in [0.1, 0.15) is 11.1 Å². The molecule has 0 unspecified atom stereocenters. The van der Waals surface area contributed by atoms with Crippen LogP contribution in [0.15, 0.2) is 65.6 Å². The Balaban J connectivity index is 2.35. The Kier molecular flexibility index (Phi) is 5.12. The number of rotatable bonds is 5. The lowest BCUT2D eigenvalue weighted by Gasteiger charge is -2.08. The van der Waals surface area contributed by atoms with Gasteiger partial charge in [0.05, 0.1) is 17.8 Å². The van der Waals surface area contributed by atoms with Gasteiger partial charge in [0.15, 0.2) is 9.84 Å². The molecule has 0 atom stereocenters. The first kappa shape index (κ1) is 16.0. The first-order valence-corrected chi connectivity index (χ1v) is 8.30. The summed E-state index contributed by atoms with van der Waals surface area (Å²) in [6, 6.07) is 15.5. The lowest BCUT2D eigenvalue weighted by molar-refractivity contribution is -0.134. The molecule has 0 aliphatic heterocycles. The summed E-state index contributed by atoms with van der Waals surface area (Å²) in [5, 5.41) is 0. The van der Waals surface area contributed by atoms with E-state index in [9.17, 15) is 13.2 Å². The van der Waals surface area contributed by atoms with Crippen molar-refractivity contribution >= 4 is 21.9 Å². The molecule has 2 aromatic rings. The number of hydrogen-bond acceptors (Lipinski definition) is 4. The Labute approximate surface area is 130 Å². The van der Waals surface area contributed by atoms with E-state index in [0.29, 0.717) is 11.1 Å². The summed E-state index contributed by atoms with van der Waals surface area (Å²) in [6.45, 7) is 0. The number of benzene rings is 2.